The van der Waals surface area contributed by atoms with Crippen molar-refractivity contribution in [2.24, 2.45) is 0 Å². The van der Waals surface area contributed by atoms with Crippen LogP contribution in [-0.4, -0.2) is 38.6 Å². The topological polar surface area (TPSA) is 101 Å². The molecule has 0 spiro atoms. The van der Waals surface area contributed by atoms with Crippen LogP contribution in [-0.2, 0) is 20.9 Å². The molecule has 6 nitrogen and oxygen atoms in total. The van der Waals surface area contributed by atoms with Crippen LogP contribution in [0.4, 0.5) is 0 Å². The monoisotopic (exact) mass is 530 g/mol. The SMILES string of the molecule is Cc1cc(O)ccc1C1=C(c2ccc(O)cc2C)[C@H]2[C@@H](S(=O)(=O)Oc3ccc(Cl)cc3)C[C@@H]1S2=O. The molecular formula is C26H23ClO6S2. The first-order chi connectivity index (χ1) is 16.6. The van der Waals surface area contributed by atoms with Crippen molar-refractivity contribution in [2.75, 3.05) is 0 Å². The Morgan fingerprint density at radius 3 is 1.97 bits per heavy atom. The third kappa shape index (κ3) is 4.13. The Balaban J connectivity index is 1.66. The minimum absolute atomic E-state index is 0.0914. The van der Waals surface area contributed by atoms with Crippen LogP contribution in [0.25, 0.3) is 11.1 Å². The summed E-state index contributed by atoms with van der Waals surface area (Å²) < 4.78 is 45.9. The van der Waals surface area contributed by atoms with E-state index in [0.717, 1.165) is 27.8 Å². The highest BCUT2D eigenvalue weighted by molar-refractivity contribution is 7.93. The van der Waals surface area contributed by atoms with Crippen LogP contribution in [0, 0.1) is 13.8 Å². The summed E-state index contributed by atoms with van der Waals surface area (Å²) in [5, 5.41) is 18.0. The van der Waals surface area contributed by atoms with Crippen LogP contribution in [0.1, 0.15) is 28.7 Å². The van der Waals surface area contributed by atoms with Gasteiger partial charge in [0.1, 0.15) is 22.5 Å². The molecule has 35 heavy (non-hydrogen) atoms. The van der Waals surface area contributed by atoms with E-state index in [1.54, 1.807) is 48.5 Å². The maximum atomic E-state index is 13.7. The Labute approximate surface area is 211 Å². The number of hydrogen-bond donors (Lipinski definition) is 2. The zero-order valence-corrected chi connectivity index (χ0v) is 21.3. The zero-order chi connectivity index (χ0) is 25.1. The van der Waals surface area contributed by atoms with E-state index in [0.29, 0.717) is 10.6 Å². The number of halogens is 1. The predicted molar refractivity (Wildman–Crippen MR) is 138 cm³/mol. The van der Waals surface area contributed by atoms with Gasteiger partial charge in [-0.15, -0.1) is 0 Å². The molecule has 4 atom stereocenters. The van der Waals surface area contributed by atoms with Gasteiger partial charge in [-0.1, -0.05) is 23.7 Å². The number of aromatic hydroxyl groups is 2. The van der Waals surface area contributed by atoms with Crippen LogP contribution in [0.5, 0.6) is 17.2 Å². The van der Waals surface area contributed by atoms with Crippen molar-refractivity contribution in [3.63, 3.8) is 0 Å². The Bertz CT molecular complexity index is 1490. The van der Waals surface area contributed by atoms with E-state index >= 15 is 0 Å². The molecule has 2 bridgehead atoms. The molecule has 9 heteroatoms. The average molecular weight is 531 g/mol. The van der Waals surface area contributed by atoms with Crippen molar-refractivity contribution in [3.05, 3.63) is 87.9 Å². The lowest BCUT2D eigenvalue weighted by molar-refractivity contribution is 0.469. The van der Waals surface area contributed by atoms with Gasteiger partial charge in [-0.05, 0) is 102 Å². The summed E-state index contributed by atoms with van der Waals surface area (Å²) in [6.07, 6.45) is 0.156. The third-order valence-corrected chi connectivity index (χ3v) is 10.7. The Hall–Kier alpha value is -2.81. The lowest BCUT2D eigenvalue weighted by atomic mass is 9.81. The van der Waals surface area contributed by atoms with Gasteiger partial charge in [0.2, 0.25) is 0 Å². The molecule has 2 N–H and O–H groups in total. The molecule has 1 fully saturated rings. The van der Waals surface area contributed by atoms with Gasteiger partial charge in [-0.3, -0.25) is 4.21 Å². The van der Waals surface area contributed by atoms with Crippen LogP contribution in [0.15, 0.2) is 60.7 Å². The zero-order valence-electron chi connectivity index (χ0n) is 18.9. The second-order valence-electron chi connectivity index (χ2n) is 8.87. The summed E-state index contributed by atoms with van der Waals surface area (Å²) in [5.74, 6) is 0.355. The number of aryl methyl sites for hydroxylation is 2. The van der Waals surface area contributed by atoms with Gasteiger partial charge in [0, 0.05) is 15.8 Å². The predicted octanol–water partition coefficient (Wildman–Crippen LogP) is 4.96. The molecular weight excluding hydrogens is 508 g/mol. The number of benzene rings is 3. The molecule has 5 rings (SSSR count). The van der Waals surface area contributed by atoms with Crippen molar-refractivity contribution in [1.82, 2.24) is 0 Å². The molecule has 1 unspecified atom stereocenters. The summed E-state index contributed by atoms with van der Waals surface area (Å²) in [6.45, 7) is 3.68. The Morgan fingerprint density at radius 1 is 0.886 bits per heavy atom. The van der Waals surface area contributed by atoms with E-state index in [1.165, 1.54) is 12.1 Å². The molecule has 1 saturated heterocycles. The minimum Gasteiger partial charge on any atom is -0.508 e. The number of fused-ring (bicyclic) bond motifs is 2. The largest absolute Gasteiger partial charge is 0.508 e. The fourth-order valence-corrected chi connectivity index (χ4v) is 9.58. The average Bonchev–Trinajstić information content (AvgIpc) is 3.26. The van der Waals surface area contributed by atoms with Gasteiger partial charge < -0.3 is 14.4 Å². The van der Waals surface area contributed by atoms with E-state index in [2.05, 4.69) is 0 Å². The lowest BCUT2D eigenvalue weighted by Crippen LogP contribution is -2.36. The van der Waals surface area contributed by atoms with Gasteiger partial charge in [0.05, 0.1) is 10.5 Å². The molecule has 2 aliphatic heterocycles. The van der Waals surface area contributed by atoms with Gasteiger partial charge in [0.15, 0.2) is 0 Å². The van der Waals surface area contributed by atoms with E-state index in [4.69, 9.17) is 15.8 Å². The fourth-order valence-electron chi connectivity index (χ4n) is 5.09. The summed E-state index contributed by atoms with van der Waals surface area (Å²) in [5.41, 5.74) is 4.60. The van der Waals surface area contributed by atoms with E-state index < -0.39 is 36.7 Å². The smallest absolute Gasteiger partial charge is 0.313 e. The summed E-state index contributed by atoms with van der Waals surface area (Å²) in [6, 6.07) is 15.9. The lowest BCUT2D eigenvalue weighted by Gasteiger charge is -2.27. The van der Waals surface area contributed by atoms with E-state index in [9.17, 15) is 22.8 Å². The fraction of sp³-hybridized carbons (Fsp3) is 0.231. The van der Waals surface area contributed by atoms with Crippen LogP contribution in [0.3, 0.4) is 0 Å². The van der Waals surface area contributed by atoms with Gasteiger partial charge in [-0.2, -0.15) is 8.42 Å². The first-order valence-electron chi connectivity index (χ1n) is 11.0. The molecule has 0 aliphatic carbocycles. The molecule has 3 aromatic rings. The summed E-state index contributed by atoms with van der Waals surface area (Å²) in [7, 11) is -5.64. The van der Waals surface area contributed by atoms with Crippen LogP contribution < -0.4 is 4.18 Å². The Kier molecular flexibility index (Phi) is 5.94. The molecule has 0 aromatic heterocycles. The molecule has 0 radical (unpaired) electrons. The number of rotatable bonds is 5. The van der Waals surface area contributed by atoms with Crippen molar-refractivity contribution >= 4 is 43.7 Å². The highest BCUT2D eigenvalue weighted by atomic mass is 35.5. The maximum Gasteiger partial charge on any atom is 0.313 e. The number of hydrogen-bond acceptors (Lipinski definition) is 6. The molecule has 2 heterocycles. The number of phenolic OH excluding ortho intramolecular Hbond substituents is 2. The normalized spacial score (nSPS) is 23.6. The first-order valence-corrected chi connectivity index (χ1v) is 14.1. The molecule has 3 aromatic carbocycles. The van der Waals surface area contributed by atoms with Crippen molar-refractivity contribution in [3.8, 4) is 17.2 Å². The van der Waals surface area contributed by atoms with E-state index in [-0.39, 0.29) is 23.7 Å². The summed E-state index contributed by atoms with van der Waals surface area (Å²) in [4.78, 5) is 0. The van der Waals surface area contributed by atoms with Gasteiger partial charge in [0.25, 0.3) is 0 Å². The molecule has 2 aliphatic rings. The Morgan fingerprint density at radius 2 is 1.43 bits per heavy atom. The first kappa shape index (κ1) is 23.9. The second-order valence-corrected chi connectivity index (χ2v) is 12.8. The van der Waals surface area contributed by atoms with Gasteiger partial charge in [-0.25, -0.2) is 0 Å². The molecule has 0 amide bonds. The van der Waals surface area contributed by atoms with Crippen LogP contribution in [0.2, 0.25) is 5.02 Å². The van der Waals surface area contributed by atoms with Gasteiger partial charge >= 0.3 is 10.1 Å². The van der Waals surface area contributed by atoms with E-state index in [1.807, 2.05) is 13.8 Å². The second kappa shape index (κ2) is 8.69. The van der Waals surface area contributed by atoms with Crippen molar-refractivity contribution in [1.29, 1.82) is 0 Å². The molecule has 182 valence electrons. The highest BCUT2D eigenvalue weighted by Crippen LogP contribution is 2.54. The maximum absolute atomic E-state index is 13.7. The van der Waals surface area contributed by atoms with Crippen LogP contribution >= 0.6 is 11.6 Å². The van der Waals surface area contributed by atoms with Crippen molar-refractivity contribution < 1.29 is 27.0 Å². The third-order valence-electron chi connectivity index (χ3n) is 6.61. The number of phenols is 2. The quantitative estimate of drug-likeness (QED) is 0.452. The molecule has 0 saturated carbocycles. The highest BCUT2D eigenvalue weighted by Gasteiger charge is 2.57. The summed E-state index contributed by atoms with van der Waals surface area (Å²) >= 11 is 5.91. The standard InChI is InChI=1S/C26H23ClO6S2/c1-14-11-17(28)5-9-20(14)24-22-13-23(35(31,32)33-19-7-3-16(27)4-8-19)26(34(22)30)25(24)21-10-6-18(29)12-15(21)2/h3-12,22-23,26,28-29H,13H2,1-2H3/t22-,23-,26+,34?/m0/s1. The van der Waals surface area contributed by atoms with Crippen molar-refractivity contribution in [2.45, 2.75) is 36.0 Å². The minimum atomic E-state index is -4.13.